The molecule has 12 rings (SSSR count). The lowest BCUT2D eigenvalue weighted by molar-refractivity contribution is -0.333. The Morgan fingerprint density at radius 2 is 1.39 bits per heavy atom. The lowest BCUT2D eigenvalue weighted by atomic mass is 9.85. The molecule has 1 unspecified atom stereocenters. The Kier molecular flexibility index (Phi) is 31.5. The van der Waals surface area contributed by atoms with Gasteiger partial charge in [0.15, 0.2) is 47.0 Å². The molecule has 23 N–H and O–H groups in total. The zero-order valence-electron chi connectivity index (χ0n) is 67.5. The Morgan fingerprint density at radius 1 is 0.732 bits per heavy atom. The highest BCUT2D eigenvalue weighted by atomic mass is 35.5. The number of anilines is 1. The number of carbonyl (C=O) groups is 10. The van der Waals surface area contributed by atoms with E-state index in [1.54, 1.807) is 0 Å². The number of hydrogen-bond donors (Lipinski definition) is 19. The van der Waals surface area contributed by atoms with Gasteiger partial charge in [-0.25, -0.2) is 0 Å². The second-order valence-electron chi connectivity index (χ2n) is 30.9. The summed E-state index contributed by atoms with van der Waals surface area (Å²) in [6.45, 7) is 4.57. The number of amides is 7. The summed E-state index contributed by atoms with van der Waals surface area (Å²) >= 11 is 14.3. The maximum absolute atomic E-state index is 16.2. The maximum Gasteiger partial charge on any atom is 0.256 e. The molecular weight excluding hydrogens is 1660 g/mol. The third kappa shape index (κ3) is 22.7. The first-order valence-corrected chi connectivity index (χ1v) is 39.8. The molecule has 6 aliphatic rings. The minimum Gasteiger partial charge on any atom is -0.508 e. The van der Waals surface area contributed by atoms with Gasteiger partial charge in [0.1, 0.15) is 89.2 Å². The van der Waals surface area contributed by atoms with Crippen LogP contribution in [0.25, 0.3) is 11.1 Å². The molecule has 2 saturated heterocycles. The molecule has 7 amide bonds. The molecule has 6 aromatic carbocycles. The number of ketones is 3. The number of Topliss-reactive ketones (excluding diaryl/α,β-unsaturated/α-hetero) is 3. The first-order valence-electron chi connectivity index (χ1n) is 39.0. The molecule has 123 heavy (non-hydrogen) atoms. The molecule has 38 nitrogen and oxygen atoms in total. The van der Waals surface area contributed by atoms with Gasteiger partial charge in [0, 0.05) is 61.4 Å². The maximum atomic E-state index is 16.2. The normalized spacial score (nSPS) is 25.3. The van der Waals surface area contributed by atoms with Crippen molar-refractivity contribution in [3.63, 3.8) is 0 Å². The predicted octanol–water partition coefficient (Wildman–Crippen LogP) is 3.21. The highest BCUT2D eigenvalue weighted by Crippen LogP contribution is 2.51. The predicted molar refractivity (Wildman–Crippen MR) is 434 cm³/mol. The van der Waals surface area contributed by atoms with E-state index in [1.807, 2.05) is 13.8 Å². The van der Waals surface area contributed by atoms with Crippen molar-refractivity contribution in [2.75, 3.05) is 52.5 Å². The number of methoxy groups -OCH3 is 1. The van der Waals surface area contributed by atoms with Crippen molar-refractivity contribution in [2.24, 2.45) is 34.8 Å². The number of carbonyl (C=O) groups excluding carboxylic acids is 10. The standard InChI is InChI=1S/C83H99Cl2N9O29/c1-35(2)20-49(90-5)81(114)94-70-54(101)24-41(27-62(86)103)80(113)93-68-40-25-59(75(60(26-40)120-57-15-11-39(71(70)106)23-47(57)85)123-82-76(74(109)73(108)61(33-95)121-82)122-65-32-83(4,89)77(110)36(3)118-65)119-56-14-10-38(22-46(56)84)52(99)31-63(104)92-69(45-28-42(96)29-53(100)66(45)44-21-37(9-13-50(44)97)43(78(87)111)30-55(68)102)51(98)8-7-17-116-18-19-117-34-64(105)91-48-12-16-58(115-6)67(72(48)107)79(88)112/h9-16,21-23,25-26,28-29,35-36,41,43,49,52,61,65,68-71,73-74,76-77,82,90,95-97,99-100,106-110H,7-8,17-20,24,27,30-34,89H2,1-6H3,(H2,86,103)(H2,87,111)(H2,88,112)(H,91,105)(H,92,104)(H,93,113)(H,94,114)/t36-,41+,43-,49-,52+,61+,65-,68-,69-,70+,71-,73-,74+,76+,77-,82?,83+/m1/s1. The summed E-state index contributed by atoms with van der Waals surface area (Å²) in [6, 6.07) is 9.86. The fourth-order valence-electron chi connectivity index (χ4n) is 14.8. The first kappa shape index (κ1) is 94.3. The van der Waals surface area contributed by atoms with Crippen molar-refractivity contribution in [3.05, 3.63) is 134 Å². The zero-order chi connectivity index (χ0) is 89.9. The van der Waals surface area contributed by atoms with Crippen molar-refractivity contribution >= 4 is 87.6 Å². The monoisotopic (exact) mass is 1760 g/mol. The van der Waals surface area contributed by atoms with Crippen molar-refractivity contribution in [2.45, 2.75) is 176 Å². The average Bonchev–Trinajstić information content (AvgIpc) is 0.768. The minimum absolute atomic E-state index is 0.0451. The molecule has 2 fully saturated rings. The number of aliphatic hydroxyl groups excluding tert-OH is 6. The summed E-state index contributed by atoms with van der Waals surface area (Å²) in [7, 11) is 2.73. The molecule has 0 radical (unpaired) electrons. The number of nitrogens with two attached hydrogens (primary N) is 4. The Labute approximate surface area is 713 Å². The van der Waals surface area contributed by atoms with Crippen LogP contribution in [0.4, 0.5) is 5.69 Å². The van der Waals surface area contributed by atoms with E-state index in [9.17, 15) is 84.6 Å². The molecule has 9 bridgehead atoms. The van der Waals surface area contributed by atoms with Crippen LogP contribution < -0.4 is 68.5 Å². The number of aliphatic hydroxyl groups is 6. The summed E-state index contributed by atoms with van der Waals surface area (Å²) in [6.07, 6.45) is -21.7. The number of primary amides is 3. The minimum atomic E-state index is -2.21. The van der Waals surface area contributed by atoms with Crippen molar-refractivity contribution in [3.8, 4) is 68.6 Å². The van der Waals surface area contributed by atoms with Crippen LogP contribution in [-0.2, 0) is 66.8 Å². The number of hydrogen-bond acceptors (Lipinski definition) is 31. The van der Waals surface area contributed by atoms with E-state index < -0.39 is 269 Å². The number of rotatable bonds is 26. The van der Waals surface area contributed by atoms with E-state index in [2.05, 4.69) is 26.6 Å². The number of halogens is 2. The van der Waals surface area contributed by atoms with Gasteiger partial charge in [-0.1, -0.05) is 55.2 Å². The smallest absolute Gasteiger partial charge is 0.256 e. The molecule has 0 saturated carbocycles. The number of nitrogens with one attached hydrogen (secondary N) is 5. The molecule has 40 heteroatoms. The average molecular weight is 1760 g/mol. The first-order chi connectivity index (χ1) is 58.2. The number of fused-ring (bicyclic) bond motifs is 16. The van der Waals surface area contributed by atoms with Crippen LogP contribution in [0.3, 0.4) is 0 Å². The van der Waals surface area contributed by atoms with Crippen LogP contribution >= 0.6 is 23.2 Å². The Hall–Kier alpha value is -10.9. The molecule has 664 valence electrons. The van der Waals surface area contributed by atoms with Gasteiger partial charge in [-0.15, -0.1) is 0 Å². The Morgan fingerprint density at radius 3 is 2.01 bits per heavy atom. The van der Waals surface area contributed by atoms with Gasteiger partial charge in [-0.3, -0.25) is 47.9 Å². The number of phenolic OH excluding ortho intramolecular Hbond substituents is 3. The Bertz CT molecular complexity index is 4960. The zero-order valence-corrected chi connectivity index (χ0v) is 69.0. The second kappa shape index (κ2) is 41.0. The summed E-state index contributed by atoms with van der Waals surface area (Å²) in [5.41, 5.74) is 19.9. The SMILES string of the molecule is CN[C@H](CC(C)C)C(=O)N[C@H]1C(=O)C[C@@H](CC(N)=O)C(=O)N[C@H]2C(=O)C[C@@H](C(N)=O)c3ccc(O)c(c3)-c3c(O)cc(O)cc3[C@H](C(=O)CCCOCCOCC(=O)Nc3ccc(OC)c(C(N)=O)c3O)NC(=O)C[C@H](O)c3ccc(c(Cl)c3)Oc3cc2cc(c3OC2O[C@@H](CO)[C@@H](O)[C@H](O)[C@@H]2O[C@@H]2C[C@](C)(N)[C@H](O)[C@@H](C)O2)Oc2ccc(cc2Cl)[C@H]1O. The number of ether oxygens (including phenoxy) is 9. The molecule has 6 aliphatic heterocycles. The number of aromatic hydroxyl groups is 4. The van der Waals surface area contributed by atoms with Crippen molar-refractivity contribution in [1.82, 2.24) is 21.3 Å². The van der Waals surface area contributed by atoms with Gasteiger partial charge in [0.2, 0.25) is 47.5 Å². The number of benzene rings is 6. The molecule has 0 spiro atoms. The van der Waals surface area contributed by atoms with E-state index in [0.29, 0.717) is 0 Å². The fraction of sp³-hybridized carbons (Fsp3) is 0.446. The summed E-state index contributed by atoms with van der Waals surface area (Å²) in [4.78, 5) is 143. The van der Waals surface area contributed by atoms with Crippen LogP contribution in [0.5, 0.6) is 57.5 Å². The summed E-state index contributed by atoms with van der Waals surface area (Å²) in [5.74, 6) is -19.8. The van der Waals surface area contributed by atoms with Crippen molar-refractivity contribution in [1.29, 1.82) is 0 Å². The van der Waals surface area contributed by atoms with Crippen molar-refractivity contribution < 1.29 is 142 Å². The molecule has 0 aliphatic carbocycles. The van der Waals surface area contributed by atoms with E-state index >= 15 is 14.4 Å². The van der Waals surface area contributed by atoms with E-state index in [4.69, 9.17) is 88.8 Å². The van der Waals surface area contributed by atoms with Gasteiger partial charge in [0.25, 0.3) is 5.91 Å². The molecule has 0 aromatic heterocycles. The third-order valence-corrected chi connectivity index (χ3v) is 21.8. The lowest BCUT2D eigenvalue weighted by Crippen LogP contribution is -2.64. The van der Waals surface area contributed by atoms with Gasteiger partial charge < -0.3 is 143 Å². The molecule has 6 heterocycles. The van der Waals surface area contributed by atoms with E-state index in [-0.39, 0.29) is 100 Å². The molecule has 6 aromatic rings. The van der Waals surface area contributed by atoms with Gasteiger partial charge in [-0.05, 0) is 134 Å². The second-order valence-corrected chi connectivity index (χ2v) is 31.7. The largest absolute Gasteiger partial charge is 0.508 e. The molecular formula is C83H99Cl2N9O29. The summed E-state index contributed by atoms with van der Waals surface area (Å²) < 4.78 is 54.8. The molecule has 17 atom stereocenters. The highest BCUT2D eigenvalue weighted by Gasteiger charge is 2.51. The number of phenols is 4. The van der Waals surface area contributed by atoms with Crippen LogP contribution in [0, 0.1) is 11.8 Å². The number of likely N-dealkylation sites (N-methyl/N-ethyl adjacent to an activating group) is 1. The Balaban J connectivity index is 1.10. The van der Waals surface area contributed by atoms with Gasteiger partial charge in [0.05, 0.1) is 85.3 Å². The van der Waals surface area contributed by atoms with Crippen LogP contribution in [0.1, 0.15) is 147 Å². The third-order valence-electron chi connectivity index (χ3n) is 21.2. The van der Waals surface area contributed by atoms with E-state index in [0.717, 1.165) is 54.6 Å². The van der Waals surface area contributed by atoms with Crippen LogP contribution in [0.2, 0.25) is 10.0 Å². The quantitative estimate of drug-likeness (QED) is 0.0274. The van der Waals surface area contributed by atoms with E-state index in [1.165, 1.54) is 64.4 Å². The summed E-state index contributed by atoms with van der Waals surface area (Å²) in [5, 5.41) is 128. The fourth-order valence-corrected chi connectivity index (χ4v) is 15.3. The van der Waals surface area contributed by atoms with Gasteiger partial charge in [-0.2, -0.15) is 0 Å². The lowest BCUT2D eigenvalue weighted by Gasteiger charge is -2.47. The van der Waals surface area contributed by atoms with Gasteiger partial charge >= 0.3 is 0 Å². The highest BCUT2D eigenvalue weighted by molar-refractivity contribution is 6.32. The topological polar surface area (TPSA) is 620 Å². The van der Waals surface area contributed by atoms with Crippen LogP contribution in [0.15, 0.2) is 91.0 Å². The van der Waals surface area contributed by atoms with Crippen LogP contribution in [-0.4, -0.2) is 224 Å².